The van der Waals surface area contributed by atoms with Gasteiger partial charge in [-0.15, -0.1) is 15.0 Å². The second-order valence-corrected chi connectivity index (χ2v) is 3.30. The maximum Gasteiger partial charge on any atom is 0.180 e. The van der Waals surface area contributed by atoms with Crippen molar-refractivity contribution in [2.24, 2.45) is 15.3 Å². The van der Waals surface area contributed by atoms with E-state index in [0.29, 0.717) is 18.9 Å². The Morgan fingerprint density at radius 1 is 1.44 bits per heavy atom. The summed E-state index contributed by atoms with van der Waals surface area (Å²) in [5.74, 6) is 0.657. The van der Waals surface area contributed by atoms with E-state index in [2.05, 4.69) is 30.7 Å². The van der Waals surface area contributed by atoms with Gasteiger partial charge in [0.15, 0.2) is 12.5 Å². The number of hydrogen-bond donors (Lipinski definition) is 0. The molecule has 0 aliphatic heterocycles. The van der Waals surface area contributed by atoms with Crippen LogP contribution in [0, 0.1) is 0 Å². The Labute approximate surface area is 94.0 Å². The molecule has 8 heteroatoms. The monoisotopic (exact) mass is 224 g/mol. The van der Waals surface area contributed by atoms with Crippen LogP contribution in [0.4, 0.5) is 0 Å². The molecule has 1 heterocycles. The van der Waals surface area contributed by atoms with Crippen molar-refractivity contribution in [1.29, 1.82) is 0 Å². The van der Waals surface area contributed by atoms with E-state index in [1.165, 1.54) is 4.80 Å². The summed E-state index contributed by atoms with van der Waals surface area (Å²) in [6.07, 6.45) is 0.621. The molecule has 0 unspecified atom stereocenters. The number of rotatable bonds is 5. The lowest BCUT2D eigenvalue weighted by atomic mass is 10.3. The first-order valence-electron chi connectivity index (χ1n) is 4.85. The number of nitrogens with zero attached hydrogens (tertiary/aromatic N) is 8. The van der Waals surface area contributed by atoms with Crippen molar-refractivity contribution < 1.29 is 0 Å². The minimum Gasteiger partial charge on any atom is -0.297 e. The molecule has 0 saturated carbocycles. The summed E-state index contributed by atoms with van der Waals surface area (Å²) in [6, 6.07) is 0. The summed E-state index contributed by atoms with van der Waals surface area (Å²) in [7, 11) is 5.14. The first kappa shape index (κ1) is 12.2. The molecule has 1 aromatic rings. The first-order chi connectivity index (χ1) is 7.65. The van der Waals surface area contributed by atoms with Crippen molar-refractivity contribution in [3.63, 3.8) is 0 Å². The minimum atomic E-state index is 0.423. The molecule has 88 valence electrons. The van der Waals surface area contributed by atoms with E-state index in [1.54, 1.807) is 26.2 Å². The van der Waals surface area contributed by atoms with Gasteiger partial charge in [-0.05, 0) is 12.1 Å². The van der Waals surface area contributed by atoms with Crippen LogP contribution in [-0.4, -0.2) is 52.1 Å². The van der Waals surface area contributed by atoms with Crippen LogP contribution < -0.4 is 0 Å². The molecule has 0 amide bonds. The Morgan fingerprint density at radius 2 is 2.19 bits per heavy atom. The summed E-state index contributed by atoms with van der Waals surface area (Å²) in [6.45, 7) is 2.35. The van der Waals surface area contributed by atoms with Crippen LogP contribution in [0.3, 0.4) is 0 Å². The Kier molecular flexibility index (Phi) is 4.49. The fourth-order valence-corrected chi connectivity index (χ4v) is 1.08. The van der Waals surface area contributed by atoms with E-state index in [-0.39, 0.29) is 0 Å². The van der Waals surface area contributed by atoms with E-state index < -0.39 is 0 Å². The third kappa shape index (κ3) is 3.71. The maximum atomic E-state index is 4.19. The summed E-state index contributed by atoms with van der Waals surface area (Å²) < 4.78 is 0. The Bertz CT molecular complexity index is 379. The van der Waals surface area contributed by atoms with Gasteiger partial charge in [-0.25, -0.2) is 0 Å². The SMILES string of the molecule is CN=NN(C)Cn1nnc(CC(C)=NC)n1. The Hall–Kier alpha value is -1.86. The molecule has 0 saturated heterocycles. The van der Waals surface area contributed by atoms with Crippen molar-refractivity contribution in [2.45, 2.75) is 20.0 Å². The van der Waals surface area contributed by atoms with Crippen molar-refractivity contribution in [3.8, 4) is 0 Å². The molecule has 0 fully saturated rings. The zero-order valence-corrected chi connectivity index (χ0v) is 9.99. The fraction of sp³-hybridized carbons (Fsp3) is 0.750. The average Bonchev–Trinajstić information content (AvgIpc) is 2.65. The molecular weight excluding hydrogens is 208 g/mol. The van der Waals surface area contributed by atoms with Crippen molar-refractivity contribution in [3.05, 3.63) is 5.82 Å². The fourth-order valence-electron chi connectivity index (χ4n) is 1.08. The highest BCUT2D eigenvalue weighted by Crippen LogP contribution is 1.93. The van der Waals surface area contributed by atoms with Crippen molar-refractivity contribution in [1.82, 2.24) is 25.2 Å². The van der Waals surface area contributed by atoms with E-state index in [1.807, 2.05) is 6.92 Å². The van der Waals surface area contributed by atoms with Crippen molar-refractivity contribution >= 4 is 5.71 Å². The van der Waals surface area contributed by atoms with Gasteiger partial charge >= 0.3 is 0 Å². The molecule has 0 aromatic carbocycles. The standard InChI is InChI=1S/C8H16N8/c1-7(9-2)5-8-11-14-16(12-8)6-15(4)13-10-3/h5-6H2,1-4H3. The Balaban J connectivity index is 2.58. The second kappa shape index (κ2) is 5.89. The third-order valence-corrected chi connectivity index (χ3v) is 1.86. The van der Waals surface area contributed by atoms with Crippen molar-refractivity contribution in [2.75, 3.05) is 21.1 Å². The highest BCUT2D eigenvalue weighted by atomic mass is 15.7. The lowest BCUT2D eigenvalue weighted by Gasteiger charge is -2.07. The molecule has 0 atom stereocenters. The smallest absolute Gasteiger partial charge is 0.180 e. The van der Waals surface area contributed by atoms with Crippen LogP contribution in [0.2, 0.25) is 0 Å². The largest absolute Gasteiger partial charge is 0.297 e. The van der Waals surface area contributed by atoms with Gasteiger partial charge in [0.1, 0.15) is 0 Å². The molecule has 0 bridgehead atoms. The van der Waals surface area contributed by atoms with Crippen LogP contribution in [0.25, 0.3) is 0 Å². The topological polar surface area (TPSA) is 83.9 Å². The lowest BCUT2D eigenvalue weighted by molar-refractivity contribution is 0.229. The average molecular weight is 224 g/mol. The number of aliphatic imine (C=N–C) groups is 1. The number of aromatic nitrogens is 4. The molecule has 0 N–H and O–H groups in total. The highest BCUT2D eigenvalue weighted by Gasteiger charge is 2.05. The van der Waals surface area contributed by atoms with Crippen LogP contribution >= 0.6 is 0 Å². The molecule has 0 aliphatic rings. The summed E-state index contributed by atoms with van der Waals surface area (Å²) >= 11 is 0. The van der Waals surface area contributed by atoms with Gasteiger partial charge in [0.2, 0.25) is 0 Å². The molecule has 0 spiro atoms. The van der Waals surface area contributed by atoms with Gasteiger partial charge < -0.3 is 0 Å². The van der Waals surface area contributed by atoms with Crippen LogP contribution in [-0.2, 0) is 13.1 Å². The predicted octanol–water partition coefficient (Wildman–Crippen LogP) is 0.193. The summed E-state index contributed by atoms with van der Waals surface area (Å²) in [5, 5.41) is 21.1. The predicted molar refractivity (Wildman–Crippen MR) is 59.1 cm³/mol. The van der Waals surface area contributed by atoms with Gasteiger partial charge in [0.25, 0.3) is 0 Å². The molecule has 0 radical (unpaired) electrons. The van der Waals surface area contributed by atoms with E-state index in [0.717, 1.165) is 5.71 Å². The maximum absolute atomic E-state index is 4.19. The van der Waals surface area contributed by atoms with Gasteiger partial charge in [0.05, 0.1) is 7.05 Å². The van der Waals surface area contributed by atoms with Gasteiger partial charge in [-0.1, -0.05) is 5.22 Å². The van der Waals surface area contributed by atoms with E-state index in [9.17, 15) is 0 Å². The van der Waals surface area contributed by atoms with Gasteiger partial charge in [0, 0.05) is 26.2 Å². The molecule has 8 nitrogen and oxygen atoms in total. The molecular formula is C8H16N8. The Morgan fingerprint density at radius 3 is 2.81 bits per heavy atom. The van der Waals surface area contributed by atoms with Gasteiger partial charge in [-0.3, -0.25) is 10.0 Å². The quantitative estimate of drug-likeness (QED) is 0.406. The normalized spacial score (nSPS) is 12.4. The lowest BCUT2D eigenvalue weighted by Crippen LogP contribution is -2.18. The number of tetrazole rings is 1. The first-order valence-corrected chi connectivity index (χ1v) is 4.85. The summed E-state index contributed by atoms with van der Waals surface area (Å²) in [4.78, 5) is 5.50. The molecule has 16 heavy (non-hydrogen) atoms. The molecule has 1 rings (SSSR count). The van der Waals surface area contributed by atoms with Crippen LogP contribution in [0.1, 0.15) is 12.7 Å². The highest BCUT2D eigenvalue weighted by molar-refractivity contribution is 5.83. The van der Waals surface area contributed by atoms with E-state index >= 15 is 0 Å². The third-order valence-electron chi connectivity index (χ3n) is 1.86. The molecule has 1 aromatic heterocycles. The molecule has 0 aliphatic carbocycles. The zero-order chi connectivity index (χ0) is 12.0. The summed E-state index contributed by atoms with van der Waals surface area (Å²) in [5.41, 5.74) is 0.973. The van der Waals surface area contributed by atoms with E-state index in [4.69, 9.17) is 0 Å². The van der Waals surface area contributed by atoms with Crippen LogP contribution in [0.15, 0.2) is 15.3 Å². The van der Waals surface area contributed by atoms with Gasteiger partial charge in [-0.2, -0.15) is 5.11 Å². The second-order valence-electron chi connectivity index (χ2n) is 3.30. The zero-order valence-electron chi connectivity index (χ0n) is 9.99. The number of hydrogen-bond acceptors (Lipinski definition) is 6. The minimum absolute atomic E-state index is 0.423. The van der Waals surface area contributed by atoms with Crippen LogP contribution in [0.5, 0.6) is 0 Å².